The first kappa shape index (κ1) is 17.9. The molecule has 3 aromatic rings. The van der Waals surface area contributed by atoms with Crippen molar-refractivity contribution < 1.29 is 9.53 Å². The first-order valence-corrected chi connectivity index (χ1v) is 8.87. The van der Waals surface area contributed by atoms with Crippen molar-refractivity contribution in [3.8, 4) is 5.75 Å². The topological polar surface area (TPSA) is 94.0 Å². The minimum absolute atomic E-state index is 0.304. The number of nitrogens with zero attached hydrogens (tertiary/aromatic N) is 4. The fraction of sp³-hybridized carbons (Fsp3) is 0.294. The van der Waals surface area contributed by atoms with Gasteiger partial charge in [0, 0.05) is 24.8 Å². The molecular formula is C17H20N6O2S. The average Bonchev–Trinajstić information content (AvgIpc) is 3.20. The third kappa shape index (κ3) is 4.57. The van der Waals surface area contributed by atoms with Gasteiger partial charge in [0.1, 0.15) is 12.4 Å². The molecule has 0 bridgehead atoms. The monoisotopic (exact) mass is 372 g/mol. The highest BCUT2D eigenvalue weighted by Crippen LogP contribution is 2.18. The van der Waals surface area contributed by atoms with Gasteiger partial charge in [0.2, 0.25) is 5.13 Å². The highest BCUT2D eigenvalue weighted by molar-refractivity contribution is 7.15. The van der Waals surface area contributed by atoms with Crippen LogP contribution in [0.4, 0.5) is 9.93 Å². The van der Waals surface area contributed by atoms with Crippen LogP contribution in [0.2, 0.25) is 0 Å². The summed E-state index contributed by atoms with van der Waals surface area (Å²) in [6, 6.07) is 7.44. The predicted octanol–water partition coefficient (Wildman–Crippen LogP) is 2.79. The van der Waals surface area contributed by atoms with Crippen LogP contribution < -0.4 is 15.4 Å². The summed E-state index contributed by atoms with van der Waals surface area (Å²) in [6.45, 7) is 4.67. The maximum absolute atomic E-state index is 12.0. The van der Waals surface area contributed by atoms with Gasteiger partial charge in [0.15, 0.2) is 5.01 Å². The third-order valence-corrected chi connectivity index (χ3v) is 4.66. The normalized spacial score (nSPS) is 10.6. The molecule has 2 aromatic heterocycles. The second kappa shape index (κ2) is 7.96. The van der Waals surface area contributed by atoms with E-state index in [-0.39, 0.29) is 6.03 Å². The molecule has 0 fully saturated rings. The molecule has 3 rings (SSSR count). The highest BCUT2D eigenvalue weighted by Gasteiger charge is 2.10. The summed E-state index contributed by atoms with van der Waals surface area (Å²) in [4.78, 5) is 12.0. The van der Waals surface area contributed by atoms with Crippen LogP contribution >= 0.6 is 11.3 Å². The molecule has 2 N–H and O–H groups in total. The molecule has 136 valence electrons. The lowest BCUT2D eigenvalue weighted by atomic mass is 10.2. The molecule has 0 aliphatic heterocycles. The zero-order valence-corrected chi connectivity index (χ0v) is 15.6. The van der Waals surface area contributed by atoms with Gasteiger partial charge in [-0.25, -0.2) is 4.79 Å². The molecule has 0 aliphatic rings. The molecule has 1 aromatic carbocycles. The van der Waals surface area contributed by atoms with Crippen LogP contribution in [-0.2, 0) is 20.2 Å². The minimum Gasteiger partial charge on any atom is -0.486 e. The molecule has 9 heteroatoms. The fourth-order valence-electron chi connectivity index (χ4n) is 2.18. The molecule has 0 saturated carbocycles. The van der Waals surface area contributed by atoms with Crippen LogP contribution in [0.3, 0.4) is 0 Å². The van der Waals surface area contributed by atoms with Crippen molar-refractivity contribution in [2.24, 2.45) is 7.05 Å². The van der Waals surface area contributed by atoms with Gasteiger partial charge in [-0.1, -0.05) is 29.0 Å². The van der Waals surface area contributed by atoms with Gasteiger partial charge in [-0.2, -0.15) is 5.10 Å². The van der Waals surface area contributed by atoms with Crippen molar-refractivity contribution in [2.45, 2.75) is 27.0 Å². The van der Waals surface area contributed by atoms with Gasteiger partial charge in [0.25, 0.3) is 0 Å². The second-order valence-electron chi connectivity index (χ2n) is 5.79. The molecule has 0 aliphatic carbocycles. The zero-order valence-electron chi connectivity index (χ0n) is 14.8. The number of carbonyl (C=O) groups excluding carboxylic acids is 1. The Bertz CT molecular complexity index is 887. The molecule has 0 saturated heterocycles. The summed E-state index contributed by atoms with van der Waals surface area (Å²) in [5, 5.41) is 18.7. The number of benzene rings is 1. The van der Waals surface area contributed by atoms with E-state index >= 15 is 0 Å². The number of hydrogen-bond donors (Lipinski definition) is 2. The summed E-state index contributed by atoms with van der Waals surface area (Å²) in [5.41, 5.74) is 3.15. The highest BCUT2D eigenvalue weighted by atomic mass is 32.1. The van der Waals surface area contributed by atoms with E-state index in [1.807, 2.05) is 45.2 Å². The Balaban J connectivity index is 1.47. The number of aryl methyl sites for hydroxylation is 2. The van der Waals surface area contributed by atoms with Crippen LogP contribution in [0, 0.1) is 13.8 Å². The maximum Gasteiger partial charge on any atom is 0.321 e. The van der Waals surface area contributed by atoms with Crippen molar-refractivity contribution in [1.29, 1.82) is 0 Å². The SMILES string of the molecule is Cc1ccc(OCc2nnc(NC(=O)NCc3cnn(C)c3C)s2)cc1. The van der Waals surface area contributed by atoms with E-state index in [4.69, 9.17) is 4.74 Å². The second-order valence-corrected chi connectivity index (χ2v) is 6.85. The summed E-state index contributed by atoms with van der Waals surface area (Å²) in [5.74, 6) is 0.768. The van der Waals surface area contributed by atoms with Crippen molar-refractivity contribution in [2.75, 3.05) is 5.32 Å². The molecule has 0 atom stereocenters. The van der Waals surface area contributed by atoms with Crippen LogP contribution in [0.1, 0.15) is 21.8 Å². The Morgan fingerprint density at radius 2 is 2.00 bits per heavy atom. The summed E-state index contributed by atoms with van der Waals surface area (Å²) < 4.78 is 7.42. The maximum atomic E-state index is 12.0. The van der Waals surface area contributed by atoms with E-state index < -0.39 is 0 Å². The zero-order chi connectivity index (χ0) is 18.5. The number of amides is 2. The first-order chi connectivity index (χ1) is 12.5. The predicted molar refractivity (Wildman–Crippen MR) is 99.2 cm³/mol. The van der Waals surface area contributed by atoms with E-state index in [2.05, 4.69) is 25.9 Å². The van der Waals surface area contributed by atoms with Gasteiger partial charge in [-0.15, -0.1) is 10.2 Å². The van der Waals surface area contributed by atoms with Crippen LogP contribution in [0.15, 0.2) is 30.5 Å². The number of nitrogens with one attached hydrogen (secondary N) is 2. The average molecular weight is 372 g/mol. The summed E-state index contributed by atoms with van der Waals surface area (Å²) >= 11 is 1.28. The number of ether oxygens (including phenoxy) is 1. The summed E-state index contributed by atoms with van der Waals surface area (Å²) in [7, 11) is 1.86. The molecule has 0 unspecified atom stereocenters. The van der Waals surface area contributed by atoms with E-state index in [0.717, 1.165) is 17.0 Å². The minimum atomic E-state index is -0.338. The molecular weight excluding hydrogens is 352 g/mol. The quantitative estimate of drug-likeness (QED) is 0.694. The van der Waals surface area contributed by atoms with E-state index in [1.54, 1.807) is 10.9 Å². The Kier molecular flexibility index (Phi) is 5.47. The number of urea groups is 1. The summed E-state index contributed by atoms with van der Waals surface area (Å²) in [6.07, 6.45) is 1.74. The molecule has 26 heavy (non-hydrogen) atoms. The number of anilines is 1. The largest absolute Gasteiger partial charge is 0.486 e. The van der Waals surface area contributed by atoms with Gasteiger partial charge >= 0.3 is 6.03 Å². The smallest absolute Gasteiger partial charge is 0.321 e. The van der Waals surface area contributed by atoms with Crippen LogP contribution in [0.25, 0.3) is 0 Å². The van der Waals surface area contributed by atoms with Gasteiger partial charge in [-0.3, -0.25) is 10.00 Å². The van der Waals surface area contributed by atoms with E-state index in [9.17, 15) is 4.79 Å². The van der Waals surface area contributed by atoms with E-state index in [0.29, 0.717) is 23.3 Å². The Morgan fingerprint density at radius 1 is 1.23 bits per heavy atom. The van der Waals surface area contributed by atoms with Crippen molar-refractivity contribution in [3.05, 3.63) is 52.3 Å². The molecule has 2 amide bonds. The van der Waals surface area contributed by atoms with E-state index in [1.165, 1.54) is 16.9 Å². The van der Waals surface area contributed by atoms with Crippen LogP contribution in [-0.4, -0.2) is 26.0 Å². The third-order valence-electron chi connectivity index (χ3n) is 3.85. The fourth-order valence-corrected chi connectivity index (χ4v) is 2.82. The first-order valence-electron chi connectivity index (χ1n) is 8.05. The Morgan fingerprint density at radius 3 is 2.69 bits per heavy atom. The number of hydrogen-bond acceptors (Lipinski definition) is 6. The van der Waals surface area contributed by atoms with Gasteiger partial charge in [-0.05, 0) is 26.0 Å². The van der Waals surface area contributed by atoms with Crippen LogP contribution in [0.5, 0.6) is 5.75 Å². The lowest BCUT2D eigenvalue weighted by Crippen LogP contribution is -2.28. The molecule has 0 spiro atoms. The number of carbonyl (C=O) groups is 1. The Labute approximate surface area is 155 Å². The molecule has 8 nitrogen and oxygen atoms in total. The van der Waals surface area contributed by atoms with Crippen molar-refractivity contribution in [3.63, 3.8) is 0 Å². The number of rotatable bonds is 6. The standard InChI is InChI=1S/C17H20N6O2S/c1-11-4-6-14(7-5-11)25-10-15-21-22-17(26-15)20-16(24)18-8-13-9-19-23(3)12(13)2/h4-7,9H,8,10H2,1-3H3,(H2,18,20,22,24). The van der Waals surface area contributed by atoms with Crippen molar-refractivity contribution in [1.82, 2.24) is 25.3 Å². The molecule has 2 heterocycles. The van der Waals surface area contributed by atoms with Gasteiger partial charge < -0.3 is 10.1 Å². The lowest BCUT2D eigenvalue weighted by molar-refractivity contribution is 0.251. The van der Waals surface area contributed by atoms with Crippen molar-refractivity contribution >= 4 is 22.5 Å². The van der Waals surface area contributed by atoms with Gasteiger partial charge in [0.05, 0.1) is 6.20 Å². The lowest BCUT2D eigenvalue weighted by Gasteiger charge is -2.05. The Hall–Kier alpha value is -2.94. The molecule has 0 radical (unpaired) electrons. The number of aromatic nitrogens is 4.